The Kier molecular flexibility index (Phi) is 3.67. The van der Waals surface area contributed by atoms with E-state index in [2.05, 4.69) is 5.32 Å². The van der Waals surface area contributed by atoms with Crippen LogP contribution in [0.1, 0.15) is 50.5 Å². The van der Waals surface area contributed by atoms with E-state index in [4.69, 9.17) is 5.73 Å². The Labute approximate surface area is 136 Å². The van der Waals surface area contributed by atoms with Gasteiger partial charge in [0.2, 0.25) is 5.91 Å². The second-order valence-electron chi connectivity index (χ2n) is 7.75. The molecule has 3 aliphatic rings. The third kappa shape index (κ3) is 2.67. The molecule has 3 aliphatic carbocycles. The summed E-state index contributed by atoms with van der Waals surface area (Å²) in [5.41, 5.74) is 6.49. The van der Waals surface area contributed by atoms with E-state index in [1.807, 2.05) is 6.07 Å². The molecule has 4 heteroatoms. The van der Waals surface area contributed by atoms with Crippen LogP contribution in [0.5, 0.6) is 0 Å². The SMILES string of the molecule is NC1C2CCCC1CC(C(=O)NC1(c3ccccc3F)CC1)C2. The summed E-state index contributed by atoms with van der Waals surface area (Å²) in [6.45, 7) is 0. The number of amides is 1. The van der Waals surface area contributed by atoms with Gasteiger partial charge in [-0.3, -0.25) is 4.79 Å². The molecule has 1 aromatic rings. The van der Waals surface area contributed by atoms with Gasteiger partial charge in [0, 0.05) is 17.5 Å². The van der Waals surface area contributed by atoms with Crippen LogP contribution in [-0.2, 0) is 10.3 Å². The zero-order valence-electron chi connectivity index (χ0n) is 13.4. The normalized spacial score (nSPS) is 34.7. The van der Waals surface area contributed by atoms with Crippen LogP contribution in [0.4, 0.5) is 4.39 Å². The van der Waals surface area contributed by atoms with Gasteiger partial charge in [-0.2, -0.15) is 0 Å². The van der Waals surface area contributed by atoms with Gasteiger partial charge >= 0.3 is 0 Å². The standard InChI is InChI=1S/C19H25FN2O/c20-16-7-2-1-6-15(16)19(8-9-19)22-18(23)14-10-12-4-3-5-13(11-14)17(12)21/h1-2,6-7,12-14,17H,3-5,8-11,21H2,(H,22,23). The van der Waals surface area contributed by atoms with E-state index in [0.29, 0.717) is 17.4 Å². The average molecular weight is 316 g/mol. The maximum atomic E-state index is 14.1. The average Bonchev–Trinajstić information content (AvgIpc) is 3.27. The van der Waals surface area contributed by atoms with Crippen molar-refractivity contribution < 1.29 is 9.18 Å². The summed E-state index contributed by atoms with van der Waals surface area (Å²) >= 11 is 0. The van der Waals surface area contributed by atoms with Crippen LogP contribution in [0.15, 0.2) is 24.3 Å². The molecule has 3 fully saturated rings. The Morgan fingerprint density at radius 1 is 1.17 bits per heavy atom. The molecule has 1 aromatic carbocycles. The monoisotopic (exact) mass is 316 g/mol. The molecule has 2 atom stereocenters. The quantitative estimate of drug-likeness (QED) is 0.900. The predicted molar refractivity (Wildman–Crippen MR) is 87.0 cm³/mol. The van der Waals surface area contributed by atoms with Crippen LogP contribution in [0, 0.1) is 23.6 Å². The molecule has 2 unspecified atom stereocenters. The Hall–Kier alpha value is -1.42. The maximum Gasteiger partial charge on any atom is 0.223 e. The van der Waals surface area contributed by atoms with E-state index < -0.39 is 5.54 Å². The lowest BCUT2D eigenvalue weighted by Gasteiger charge is -2.43. The van der Waals surface area contributed by atoms with Crippen molar-refractivity contribution >= 4 is 5.91 Å². The van der Waals surface area contributed by atoms with Crippen molar-refractivity contribution in [3.8, 4) is 0 Å². The van der Waals surface area contributed by atoms with Crippen LogP contribution in [0.3, 0.4) is 0 Å². The fourth-order valence-corrected chi connectivity index (χ4v) is 4.78. The molecule has 3 N–H and O–H groups in total. The van der Waals surface area contributed by atoms with Gasteiger partial charge in [0.15, 0.2) is 0 Å². The van der Waals surface area contributed by atoms with Crippen molar-refractivity contribution in [2.24, 2.45) is 23.5 Å². The van der Waals surface area contributed by atoms with Crippen molar-refractivity contribution in [3.05, 3.63) is 35.6 Å². The van der Waals surface area contributed by atoms with Crippen molar-refractivity contribution in [2.75, 3.05) is 0 Å². The molecule has 0 radical (unpaired) electrons. The fraction of sp³-hybridized carbons (Fsp3) is 0.632. The summed E-state index contributed by atoms with van der Waals surface area (Å²) in [6, 6.07) is 7.09. The summed E-state index contributed by atoms with van der Waals surface area (Å²) in [7, 11) is 0. The Bertz CT molecular complexity index is 599. The number of benzene rings is 1. The third-order valence-corrected chi connectivity index (χ3v) is 6.29. The molecule has 4 rings (SSSR count). The lowest BCUT2D eigenvalue weighted by Crippen LogP contribution is -2.50. The Morgan fingerprint density at radius 2 is 1.83 bits per heavy atom. The molecule has 0 aromatic heterocycles. The molecule has 0 saturated heterocycles. The van der Waals surface area contributed by atoms with Gasteiger partial charge in [0.1, 0.15) is 5.82 Å². The van der Waals surface area contributed by atoms with Crippen LogP contribution < -0.4 is 11.1 Å². The first-order chi connectivity index (χ1) is 11.1. The second-order valence-corrected chi connectivity index (χ2v) is 7.75. The van der Waals surface area contributed by atoms with Crippen LogP contribution in [0.2, 0.25) is 0 Å². The highest BCUT2D eigenvalue weighted by atomic mass is 19.1. The molecule has 124 valence electrons. The molecule has 2 bridgehead atoms. The van der Waals surface area contributed by atoms with Gasteiger partial charge in [-0.15, -0.1) is 0 Å². The number of rotatable bonds is 3. The highest BCUT2D eigenvalue weighted by Gasteiger charge is 2.49. The van der Waals surface area contributed by atoms with Gasteiger partial charge in [-0.05, 0) is 56.4 Å². The number of halogens is 1. The number of carbonyl (C=O) groups excluding carboxylic acids is 1. The summed E-state index contributed by atoms with van der Waals surface area (Å²) in [6.07, 6.45) is 7.02. The first-order valence-corrected chi connectivity index (χ1v) is 8.92. The van der Waals surface area contributed by atoms with Gasteiger partial charge < -0.3 is 11.1 Å². The van der Waals surface area contributed by atoms with Gasteiger partial charge in [-0.25, -0.2) is 4.39 Å². The van der Waals surface area contributed by atoms with E-state index in [0.717, 1.165) is 38.5 Å². The number of carbonyl (C=O) groups is 1. The smallest absolute Gasteiger partial charge is 0.223 e. The Morgan fingerprint density at radius 3 is 2.43 bits per heavy atom. The zero-order chi connectivity index (χ0) is 16.0. The minimum absolute atomic E-state index is 0.0503. The first-order valence-electron chi connectivity index (χ1n) is 8.92. The summed E-state index contributed by atoms with van der Waals surface area (Å²) in [5.74, 6) is 0.917. The van der Waals surface area contributed by atoms with E-state index >= 15 is 0 Å². The number of fused-ring (bicyclic) bond motifs is 2. The number of hydrogen-bond acceptors (Lipinski definition) is 2. The van der Waals surface area contributed by atoms with Crippen molar-refractivity contribution in [1.29, 1.82) is 0 Å². The van der Waals surface area contributed by atoms with E-state index in [1.165, 1.54) is 12.5 Å². The summed E-state index contributed by atoms with van der Waals surface area (Å²) in [5, 5.41) is 3.18. The predicted octanol–water partition coefficient (Wildman–Crippen LogP) is 3.08. The molecular weight excluding hydrogens is 291 g/mol. The number of nitrogens with two attached hydrogens (primary N) is 1. The molecule has 0 spiro atoms. The van der Waals surface area contributed by atoms with Crippen molar-refractivity contribution in [1.82, 2.24) is 5.32 Å². The minimum atomic E-state index is -0.461. The van der Waals surface area contributed by atoms with Gasteiger partial charge in [0.25, 0.3) is 0 Å². The van der Waals surface area contributed by atoms with Crippen LogP contribution >= 0.6 is 0 Å². The van der Waals surface area contributed by atoms with Gasteiger partial charge in [-0.1, -0.05) is 24.6 Å². The topological polar surface area (TPSA) is 55.1 Å². The molecule has 0 aliphatic heterocycles. The van der Waals surface area contributed by atoms with Gasteiger partial charge in [0.05, 0.1) is 5.54 Å². The largest absolute Gasteiger partial charge is 0.346 e. The summed E-state index contributed by atoms with van der Waals surface area (Å²) in [4.78, 5) is 12.8. The number of nitrogens with one attached hydrogen (secondary N) is 1. The third-order valence-electron chi connectivity index (χ3n) is 6.29. The van der Waals surface area contributed by atoms with E-state index in [-0.39, 0.29) is 23.7 Å². The highest BCUT2D eigenvalue weighted by Crippen LogP contribution is 2.48. The molecule has 1 amide bonds. The first kappa shape index (κ1) is 15.1. The lowest BCUT2D eigenvalue weighted by atomic mass is 9.65. The minimum Gasteiger partial charge on any atom is -0.346 e. The second kappa shape index (κ2) is 5.59. The molecule has 3 saturated carbocycles. The molecule has 0 heterocycles. The van der Waals surface area contributed by atoms with Crippen molar-refractivity contribution in [3.63, 3.8) is 0 Å². The van der Waals surface area contributed by atoms with Crippen molar-refractivity contribution in [2.45, 2.75) is 56.5 Å². The fourth-order valence-electron chi connectivity index (χ4n) is 4.78. The molecular formula is C19H25FN2O. The molecule has 3 nitrogen and oxygen atoms in total. The maximum absolute atomic E-state index is 14.1. The number of hydrogen-bond donors (Lipinski definition) is 2. The van der Waals surface area contributed by atoms with E-state index in [1.54, 1.807) is 12.1 Å². The highest BCUT2D eigenvalue weighted by molar-refractivity contribution is 5.80. The Balaban J connectivity index is 1.47. The van der Waals surface area contributed by atoms with Crippen LogP contribution in [0.25, 0.3) is 0 Å². The van der Waals surface area contributed by atoms with E-state index in [9.17, 15) is 9.18 Å². The zero-order valence-corrected chi connectivity index (χ0v) is 13.4. The van der Waals surface area contributed by atoms with Crippen LogP contribution in [-0.4, -0.2) is 11.9 Å². The lowest BCUT2D eigenvalue weighted by molar-refractivity contribution is -0.129. The molecule has 23 heavy (non-hydrogen) atoms. The summed E-state index contributed by atoms with van der Waals surface area (Å²) < 4.78 is 14.1.